The minimum absolute atomic E-state index is 0. The standard InChI is InChI=1S/C20H23N3O.2ClH/c1-20(21,17-9-3-2-4-10-17)19(24)22-13-7-14-23-15-12-16-8-5-6-11-18(16)23;;/h2-6,8-12,15H,7,13-14,21H2,1H3,(H,22,24);2*1H. The van der Waals surface area contributed by atoms with Crippen molar-refractivity contribution in [2.24, 2.45) is 5.73 Å². The molecule has 140 valence electrons. The van der Waals surface area contributed by atoms with Crippen molar-refractivity contribution >= 4 is 41.6 Å². The Bertz CT molecular complexity index is 831. The fourth-order valence-corrected chi connectivity index (χ4v) is 2.89. The summed E-state index contributed by atoms with van der Waals surface area (Å²) in [5, 5.41) is 4.19. The molecular weight excluding hydrogens is 369 g/mol. The number of carbonyl (C=O) groups is 1. The summed E-state index contributed by atoms with van der Waals surface area (Å²) < 4.78 is 2.21. The second kappa shape index (κ2) is 9.62. The highest BCUT2D eigenvalue weighted by atomic mass is 35.5. The topological polar surface area (TPSA) is 60.1 Å². The Labute approximate surface area is 166 Å². The summed E-state index contributed by atoms with van der Waals surface area (Å²) in [6.07, 6.45) is 2.94. The monoisotopic (exact) mass is 393 g/mol. The number of hydrogen-bond acceptors (Lipinski definition) is 2. The highest BCUT2D eigenvalue weighted by Gasteiger charge is 2.29. The van der Waals surface area contributed by atoms with Gasteiger partial charge in [0, 0.05) is 24.8 Å². The molecule has 3 aromatic rings. The second-order valence-corrected chi connectivity index (χ2v) is 6.25. The number of hydrogen-bond donors (Lipinski definition) is 2. The maximum atomic E-state index is 12.4. The van der Waals surface area contributed by atoms with E-state index in [0.29, 0.717) is 6.54 Å². The molecule has 0 fully saturated rings. The summed E-state index contributed by atoms with van der Waals surface area (Å²) in [5.41, 5.74) is 7.24. The van der Waals surface area contributed by atoms with Gasteiger partial charge in [0.15, 0.2) is 0 Å². The molecule has 3 N–H and O–H groups in total. The predicted octanol–water partition coefficient (Wildman–Crippen LogP) is 3.87. The number of para-hydroxylation sites is 1. The lowest BCUT2D eigenvalue weighted by Gasteiger charge is -2.24. The van der Waals surface area contributed by atoms with Crippen LogP contribution in [0.15, 0.2) is 66.9 Å². The van der Waals surface area contributed by atoms with Crippen molar-refractivity contribution in [2.75, 3.05) is 6.54 Å². The van der Waals surface area contributed by atoms with Gasteiger partial charge in [-0.1, -0.05) is 48.5 Å². The van der Waals surface area contributed by atoms with Crippen LogP contribution in [-0.4, -0.2) is 17.0 Å². The minimum atomic E-state index is -1.01. The van der Waals surface area contributed by atoms with Gasteiger partial charge in [0.2, 0.25) is 5.91 Å². The number of nitrogens with one attached hydrogen (secondary N) is 1. The molecule has 0 spiro atoms. The molecule has 6 heteroatoms. The third kappa shape index (κ3) is 4.79. The Morgan fingerprint density at radius 3 is 2.42 bits per heavy atom. The first kappa shape index (κ1) is 22.0. The molecule has 4 nitrogen and oxygen atoms in total. The molecular formula is C20H25Cl2N3O. The number of fused-ring (bicyclic) bond motifs is 1. The Morgan fingerprint density at radius 1 is 1.04 bits per heavy atom. The van der Waals surface area contributed by atoms with Crippen LogP contribution in [0.3, 0.4) is 0 Å². The van der Waals surface area contributed by atoms with Crippen molar-refractivity contribution in [3.8, 4) is 0 Å². The van der Waals surface area contributed by atoms with Gasteiger partial charge in [0.05, 0.1) is 0 Å². The van der Waals surface area contributed by atoms with E-state index in [1.807, 2.05) is 42.5 Å². The molecule has 0 aliphatic rings. The first-order chi connectivity index (χ1) is 11.6. The molecule has 0 bridgehead atoms. The van der Waals surface area contributed by atoms with Gasteiger partial charge in [-0.25, -0.2) is 0 Å². The normalized spacial score (nSPS) is 12.5. The third-order valence-electron chi connectivity index (χ3n) is 4.39. The van der Waals surface area contributed by atoms with Gasteiger partial charge in [-0.2, -0.15) is 0 Å². The smallest absolute Gasteiger partial charge is 0.244 e. The fraction of sp³-hybridized carbons (Fsp3) is 0.250. The van der Waals surface area contributed by atoms with Crippen LogP contribution in [0.2, 0.25) is 0 Å². The summed E-state index contributed by atoms with van der Waals surface area (Å²) >= 11 is 0. The van der Waals surface area contributed by atoms with Crippen LogP contribution in [0, 0.1) is 0 Å². The van der Waals surface area contributed by atoms with Crippen LogP contribution < -0.4 is 11.1 Å². The number of nitrogens with zero attached hydrogens (tertiary/aromatic N) is 1. The molecule has 1 atom stereocenters. The maximum absolute atomic E-state index is 12.4. The van der Waals surface area contributed by atoms with Crippen molar-refractivity contribution in [1.29, 1.82) is 0 Å². The van der Waals surface area contributed by atoms with Gasteiger partial charge in [-0.05, 0) is 36.4 Å². The van der Waals surface area contributed by atoms with Gasteiger partial charge in [0.1, 0.15) is 5.54 Å². The number of aryl methyl sites for hydroxylation is 1. The molecule has 26 heavy (non-hydrogen) atoms. The zero-order chi connectivity index (χ0) is 17.0. The van der Waals surface area contributed by atoms with Crippen molar-refractivity contribution in [3.63, 3.8) is 0 Å². The van der Waals surface area contributed by atoms with Gasteiger partial charge in [-0.3, -0.25) is 4.79 Å². The zero-order valence-corrected chi connectivity index (χ0v) is 16.4. The highest BCUT2D eigenvalue weighted by Crippen LogP contribution is 2.18. The van der Waals surface area contributed by atoms with Gasteiger partial charge < -0.3 is 15.6 Å². The van der Waals surface area contributed by atoms with E-state index in [0.717, 1.165) is 18.5 Å². The summed E-state index contributed by atoms with van der Waals surface area (Å²) in [5.74, 6) is -0.147. The molecule has 0 aliphatic heterocycles. The largest absolute Gasteiger partial charge is 0.354 e. The molecule has 1 amide bonds. The van der Waals surface area contributed by atoms with E-state index in [-0.39, 0.29) is 30.7 Å². The SMILES string of the molecule is CC(N)(C(=O)NCCCn1ccc2ccccc21)c1ccccc1.Cl.Cl. The Balaban J connectivity index is 0.00000169. The van der Waals surface area contributed by atoms with E-state index >= 15 is 0 Å². The first-order valence-electron chi connectivity index (χ1n) is 8.25. The summed E-state index contributed by atoms with van der Waals surface area (Å²) in [6.45, 7) is 3.21. The van der Waals surface area contributed by atoms with Crippen LogP contribution >= 0.6 is 24.8 Å². The van der Waals surface area contributed by atoms with Crippen molar-refractivity contribution in [1.82, 2.24) is 9.88 Å². The third-order valence-corrected chi connectivity index (χ3v) is 4.39. The van der Waals surface area contributed by atoms with E-state index in [9.17, 15) is 4.79 Å². The van der Waals surface area contributed by atoms with Crippen LogP contribution in [0.25, 0.3) is 10.9 Å². The molecule has 0 radical (unpaired) electrons. The lowest BCUT2D eigenvalue weighted by atomic mass is 9.92. The highest BCUT2D eigenvalue weighted by molar-refractivity contribution is 5.87. The number of rotatable bonds is 6. The number of amides is 1. The number of nitrogens with two attached hydrogens (primary N) is 1. The second-order valence-electron chi connectivity index (χ2n) is 6.25. The van der Waals surface area contributed by atoms with E-state index < -0.39 is 5.54 Å². The van der Waals surface area contributed by atoms with Crippen molar-refractivity contribution in [3.05, 3.63) is 72.4 Å². The summed E-state index contributed by atoms with van der Waals surface area (Å²) in [7, 11) is 0. The van der Waals surface area contributed by atoms with Gasteiger partial charge in [-0.15, -0.1) is 24.8 Å². The number of halogens is 2. The lowest BCUT2D eigenvalue weighted by Crippen LogP contribution is -2.49. The summed E-state index contributed by atoms with van der Waals surface area (Å²) in [6, 6.07) is 19.9. The molecule has 1 aromatic heterocycles. The molecule has 0 aliphatic carbocycles. The minimum Gasteiger partial charge on any atom is -0.354 e. The van der Waals surface area contributed by atoms with Crippen LogP contribution in [0.4, 0.5) is 0 Å². The molecule has 3 rings (SSSR count). The number of carbonyl (C=O) groups excluding carboxylic acids is 1. The average molecular weight is 394 g/mol. The van der Waals surface area contributed by atoms with Crippen molar-refractivity contribution in [2.45, 2.75) is 25.4 Å². The van der Waals surface area contributed by atoms with E-state index in [2.05, 4.69) is 34.3 Å². The Hall–Kier alpha value is -2.01. The van der Waals surface area contributed by atoms with Gasteiger partial charge >= 0.3 is 0 Å². The zero-order valence-electron chi connectivity index (χ0n) is 14.7. The first-order valence-corrected chi connectivity index (χ1v) is 8.25. The Kier molecular flexibility index (Phi) is 8.15. The average Bonchev–Trinajstić information content (AvgIpc) is 3.02. The Morgan fingerprint density at radius 2 is 1.69 bits per heavy atom. The van der Waals surface area contributed by atoms with Crippen molar-refractivity contribution < 1.29 is 4.79 Å². The van der Waals surface area contributed by atoms with Crippen LogP contribution in [0.1, 0.15) is 18.9 Å². The van der Waals surface area contributed by atoms with Crippen LogP contribution in [0.5, 0.6) is 0 Å². The van der Waals surface area contributed by atoms with E-state index in [1.54, 1.807) is 6.92 Å². The quantitative estimate of drug-likeness (QED) is 0.624. The predicted molar refractivity (Wildman–Crippen MR) is 112 cm³/mol. The molecule has 2 aromatic carbocycles. The lowest BCUT2D eigenvalue weighted by molar-refractivity contribution is -0.126. The number of benzene rings is 2. The molecule has 0 saturated carbocycles. The molecule has 1 heterocycles. The van der Waals surface area contributed by atoms with Crippen LogP contribution in [-0.2, 0) is 16.9 Å². The summed E-state index contributed by atoms with van der Waals surface area (Å²) in [4.78, 5) is 12.4. The van der Waals surface area contributed by atoms with E-state index in [1.165, 1.54) is 10.9 Å². The fourth-order valence-electron chi connectivity index (χ4n) is 2.89. The van der Waals surface area contributed by atoms with Gasteiger partial charge in [0.25, 0.3) is 0 Å². The number of aromatic nitrogens is 1. The maximum Gasteiger partial charge on any atom is 0.244 e. The molecule has 1 unspecified atom stereocenters. The van der Waals surface area contributed by atoms with E-state index in [4.69, 9.17) is 5.73 Å². The molecule has 0 saturated heterocycles.